The number of hydrogen-bond acceptors (Lipinski definition) is 5. The number of anilines is 1. The number of amides is 3. The standard InChI is InChI=1S/C19H21N3O5/c1-12-8-9-15(16(11-12)22(26)27)20-17(23)7-4-10-21-18(24)13-5-2-3-6-14(13)19(21)25/h2-3,8-9,11,13-14H,4-7,10H2,1H3,(H,20,23). The number of carbonyl (C=O) groups is 3. The molecule has 1 N–H and O–H groups in total. The van der Waals surface area contributed by atoms with Crippen LogP contribution in [0, 0.1) is 28.9 Å². The maximum atomic E-state index is 12.4. The number of fused-ring (bicyclic) bond motifs is 1. The summed E-state index contributed by atoms with van der Waals surface area (Å²) in [6, 6.07) is 4.57. The van der Waals surface area contributed by atoms with Gasteiger partial charge in [0.25, 0.3) is 5.69 Å². The zero-order valence-electron chi connectivity index (χ0n) is 15.0. The number of carbonyl (C=O) groups excluding carboxylic acids is 3. The van der Waals surface area contributed by atoms with E-state index in [0.29, 0.717) is 19.3 Å². The van der Waals surface area contributed by atoms with Crippen molar-refractivity contribution < 1.29 is 19.3 Å². The summed E-state index contributed by atoms with van der Waals surface area (Å²) in [5, 5.41) is 13.6. The number of nitrogens with zero attached hydrogens (tertiary/aromatic N) is 2. The van der Waals surface area contributed by atoms with E-state index in [1.54, 1.807) is 13.0 Å². The van der Waals surface area contributed by atoms with Gasteiger partial charge < -0.3 is 5.32 Å². The average molecular weight is 371 g/mol. The summed E-state index contributed by atoms with van der Waals surface area (Å²) in [5.41, 5.74) is 0.701. The first-order valence-electron chi connectivity index (χ1n) is 8.93. The largest absolute Gasteiger partial charge is 0.320 e. The lowest BCUT2D eigenvalue weighted by atomic mass is 9.85. The molecular formula is C19H21N3O5. The van der Waals surface area contributed by atoms with Gasteiger partial charge in [0, 0.05) is 19.0 Å². The summed E-state index contributed by atoms with van der Waals surface area (Å²) in [4.78, 5) is 48.7. The lowest BCUT2D eigenvalue weighted by Gasteiger charge is -2.14. The minimum atomic E-state index is -0.542. The predicted molar refractivity (Wildman–Crippen MR) is 97.8 cm³/mol. The summed E-state index contributed by atoms with van der Waals surface area (Å²) in [6.45, 7) is 1.92. The van der Waals surface area contributed by atoms with Gasteiger partial charge in [-0.3, -0.25) is 29.4 Å². The van der Waals surface area contributed by atoms with Gasteiger partial charge in [0.15, 0.2) is 0 Å². The first-order chi connectivity index (χ1) is 12.9. The molecule has 27 heavy (non-hydrogen) atoms. The lowest BCUT2D eigenvalue weighted by Crippen LogP contribution is -2.32. The molecule has 1 aromatic rings. The molecule has 1 aliphatic heterocycles. The smallest absolute Gasteiger partial charge is 0.293 e. The van der Waals surface area contributed by atoms with Gasteiger partial charge in [0.1, 0.15) is 5.69 Å². The van der Waals surface area contributed by atoms with Crippen molar-refractivity contribution in [3.63, 3.8) is 0 Å². The first-order valence-corrected chi connectivity index (χ1v) is 8.93. The molecular weight excluding hydrogens is 350 g/mol. The summed E-state index contributed by atoms with van der Waals surface area (Å²) in [7, 11) is 0. The van der Waals surface area contributed by atoms with Crippen LogP contribution in [0.5, 0.6) is 0 Å². The molecule has 0 saturated carbocycles. The Morgan fingerprint density at radius 2 is 1.85 bits per heavy atom. The van der Waals surface area contributed by atoms with Gasteiger partial charge in [-0.05, 0) is 37.8 Å². The summed E-state index contributed by atoms with van der Waals surface area (Å²) < 4.78 is 0. The van der Waals surface area contributed by atoms with Crippen LogP contribution in [0.2, 0.25) is 0 Å². The molecule has 0 spiro atoms. The van der Waals surface area contributed by atoms with Crippen molar-refractivity contribution in [2.75, 3.05) is 11.9 Å². The number of allylic oxidation sites excluding steroid dienone is 2. The number of aryl methyl sites for hydroxylation is 1. The summed E-state index contributed by atoms with van der Waals surface area (Å²) in [5.74, 6) is -1.26. The number of rotatable bonds is 6. The fourth-order valence-electron chi connectivity index (χ4n) is 3.60. The third-order valence-electron chi connectivity index (χ3n) is 5.01. The molecule has 0 radical (unpaired) electrons. The monoisotopic (exact) mass is 371 g/mol. The van der Waals surface area contributed by atoms with Gasteiger partial charge in [-0.15, -0.1) is 0 Å². The van der Waals surface area contributed by atoms with E-state index in [-0.39, 0.29) is 53.9 Å². The highest BCUT2D eigenvalue weighted by molar-refractivity contribution is 6.05. The molecule has 8 nitrogen and oxygen atoms in total. The van der Waals surface area contributed by atoms with Crippen LogP contribution >= 0.6 is 0 Å². The zero-order valence-corrected chi connectivity index (χ0v) is 15.0. The lowest BCUT2D eigenvalue weighted by molar-refractivity contribution is -0.384. The molecule has 2 aliphatic rings. The van der Waals surface area contributed by atoms with Crippen LogP contribution in [0.1, 0.15) is 31.2 Å². The van der Waals surface area contributed by atoms with Crippen molar-refractivity contribution in [1.82, 2.24) is 4.90 Å². The Labute approximate surface area is 156 Å². The number of nitro benzene ring substituents is 1. The molecule has 1 saturated heterocycles. The van der Waals surface area contributed by atoms with Gasteiger partial charge in [0.2, 0.25) is 17.7 Å². The number of benzene rings is 1. The van der Waals surface area contributed by atoms with Gasteiger partial charge in [-0.2, -0.15) is 0 Å². The number of nitrogens with one attached hydrogen (secondary N) is 1. The number of hydrogen-bond donors (Lipinski definition) is 1. The van der Waals surface area contributed by atoms with Crippen LogP contribution in [-0.4, -0.2) is 34.1 Å². The molecule has 1 aliphatic carbocycles. The topological polar surface area (TPSA) is 110 Å². The zero-order chi connectivity index (χ0) is 19.6. The molecule has 8 heteroatoms. The third-order valence-corrected chi connectivity index (χ3v) is 5.01. The van der Waals surface area contributed by atoms with Crippen molar-refractivity contribution >= 4 is 29.1 Å². The predicted octanol–water partition coefficient (Wildman–Crippen LogP) is 2.57. The molecule has 2 atom stereocenters. The molecule has 0 aromatic heterocycles. The van der Waals surface area contributed by atoms with E-state index in [2.05, 4.69) is 5.32 Å². The van der Waals surface area contributed by atoms with Crippen molar-refractivity contribution in [2.24, 2.45) is 11.8 Å². The first kappa shape index (κ1) is 18.8. The van der Waals surface area contributed by atoms with E-state index in [1.807, 2.05) is 12.2 Å². The average Bonchev–Trinajstić information content (AvgIpc) is 2.88. The van der Waals surface area contributed by atoms with Crippen LogP contribution in [0.4, 0.5) is 11.4 Å². The third kappa shape index (κ3) is 3.89. The summed E-state index contributed by atoms with van der Waals surface area (Å²) in [6.07, 6.45) is 5.41. The Morgan fingerprint density at radius 3 is 2.44 bits per heavy atom. The Morgan fingerprint density at radius 1 is 1.22 bits per heavy atom. The molecule has 1 fully saturated rings. The second-order valence-corrected chi connectivity index (χ2v) is 6.91. The molecule has 3 rings (SSSR count). The van der Waals surface area contributed by atoms with Gasteiger partial charge in [-0.25, -0.2) is 0 Å². The van der Waals surface area contributed by atoms with Gasteiger partial charge in [-0.1, -0.05) is 18.2 Å². The van der Waals surface area contributed by atoms with Gasteiger partial charge >= 0.3 is 0 Å². The maximum Gasteiger partial charge on any atom is 0.293 e. The number of imide groups is 1. The van der Waals surface area contributed by atoms with Crippen LogP contribution in [0.15, 0.2) is 30.4 Å². The molecule has 0 bridgehead atoms. The summed E-state index contributed by atoms with van der Waals surface area (Å²) >= 11 is 0. The van der Waals surface area contributed by atoms with Crippen LogP contribution < -0.4 is 5.32 Å². The van der Waals surface area contributed by atoms with E-state index >= 15 is 0 Å². The fourth-order valence-corrected chi connectivity index (χ4v) is 3.60. The highest BCUT2D eigenvalue weighted by Gasteiger charge is 2.46. The normalized spacial score (nSPS) is 21.3. The number of likely N-dealkylation sites (tertiary alicyclic amines) is 1. The van der Waals surface area contributed by atoms with Crippen molar-refractivity contribution in [3.8, 4) is 0 Å². The van der Waals surface area contributed by atoms with Crippen molar-refractivity contribution in [1.29, 1.82) is 0 Å². The minimum Gasteiger partial charge on any atom is -0.320 e. The Kier molecular flexibility index (Phi) is 5.34. The van der Waals surface area contributed by atoms with E-state index in [0.717, 1.165) is 5.56 Å². The molecule has 142 valence electrons. The highest BCUT2D eigenvalue weighted by atomic mass is 16.6. The molecule has 2 unspecified atom stereocenters. The van der Waals surface area contributed by atoms with E-state index < -0.39 is 4.92 Å². The highest BCUT2D eigenvalue weighted by Crippen LogP contribution is 2.35. The van der Waals surface area contributed by atoms with E-state index in [1.165, 1.54) is 17.0 Å². The number of nitro groups is 1. The molecule has 1 aromatic carbocycles. The second-order valence-electron chi connectivity index (χ2n) is 6.91. The molecule has 1 heterocycles. The van der Waals surface area contributed by atoms with Crippen LogP contribution in [-0.2, 0) is 14.4 Å². The maximum absolute atomic E-state index is 12.4. The fraction of sp³-hybridized carbons (Fsp3) is 0.421. The van der Waals surface area contributed by atoms with Crippen LogP contribution in [0.3, 0.4) is 0 Å². The van der Waals surface area contributed by atoms with Crippen molar-refractivity contribution in [3.05, 3.63) is 46.0 Å². The second kappa shape index (κ2) is 7.69. The Hall–Kier alpha value is -3.03. The minimum absolute atomic E-state index is 0.0652. The molecule has 3 amide bonds. The Bertz CT molecular complexity index is 807. The van der Waals surface area contributed by atoms with E-state index in [4.69, 9.17) is 0 Å². The van der Waals surface area contributed by atoms with E-state index in [9.17, 15) is 24.5 Å². The van der Waals surface area contributed by atoms with Crippen molar-refractivity contribution in [2.45, 2.75) is 32.6 Å². The Balaban J connectivity index is 1.54. The quantitative estimate of drug-likeness (QED) is 0.358. The SMILES string of the molecule is Cc1ccc(NC(=O)CCCN2C(=O)C3CC=CCC3C2=O)c([N+](=O)[O-])c1. The van der Waals surface area contributed by atoms with Gasteiger partial charge in [0.05, 0.1) is 16.8 Å². The van der Waals surface area contributed by atoms with Crippen LogP contribution in [0.25, 0.3) is 0 Å².